The first-order valence-corrected chi connectivity index (χ1v) is 6.26. The van der Waals surface area contributed by atoms with E-state index in [2.05, 4.69) is 19.2 Å². The zero-order valence-corrected chi connectivity index (χ0v) is 11.2. The van der Waals surface area contributed by atoms with Gasteiger partial charge in [-0.25, -0.2) is 4.39 Å². The lowest BCUT2D eigenvalue weighted by molar-refractivity contribution is 0.106. The van der Waals surface area contributed by atoms with Crippen molar-refractivity contribution in [3.05, 3.63) is 29.6 Å². The lowest BCUT2D eigenvalue weighted by Crippen LogP contribution is -2.33. The Labute approximate surface area is 108 Å². The van der Waals surface area contributed by atoms with Crippen molar-refractivity contribution in [2.24, 2.45) is 5.92 Å². The quantitative estimate of drug-likeness (QED) is 0.784. The van der Waals surface area contributed by atoms with Crippen LogP contribution in [0.2, 0.25) is 0 Å². The molecular formula is C14H22FNO2. The van der Waals surface area contributed by atoms with Gasteiger partial charge in [-0.15, -0.1) is 0 Å². The molecule has 0 spiro atoms. The molecule has 0 aliphatic rings. The molecule has 1 aromatic carbocycles. The van der Waals surface area contributed by atoms with E-state index in [0.717, 1.165) is 6.54 Å². The smallest absolute Gasteiger partial charge is 0.126 e. The summed E-state index contributed by atoms with van der Waals surface area (Å²) < 4.78 is 18.4. The van der Waals surface area contributed by atoms with Gasteiger partial charge in [0.25, 0.3) is 0 Å². The molecule has 1 atom stereocenters. The van der Waals surface area contributed by atoms with Gasteiger partial charge in [-0.1, -0.05) is 13.8 Å². The average molecular weight is 255 g/mol. The Morgan fingerprint density at radius 1 is 1.33 bits per heavy atom. The van der Waals surface area contributed by atoms with Crippen LogP contribution in [0.15, 0.2) is 18.2 Å². The van der Waals surface area contributed by atoms with Gasteiger partial charge in [0.1, 0.15) is 24.3 Å². The van der Waals surface area contributed by atoms with Crippen LogP contribution in [0.25, 0.3) is 0 Å². The molecule has 0 aliphatic heterocycles. The van der Waals surface area contributed by atoms with Crippen LogP contribution < -0.4 is 10.1 Å². The van der Waals surface area contributed by atoms with E-state index in [-0.39, 0.29) is 12.4 Å². The van der Waals surface area contributed by atoms with Gasteiger partial charge in [0.2, 0.25) is 0 Å². The van der Waals surface area contributed by atoms with E-state index in [9.17, 15) is 9.50 Å². The molecule has 3 nitrogen and oxygen atoms in total. The highest BCUT2D eigenvalue weighted by molar-refractivity contribution is 5.28. The van der Waals surface area contributed by atoms with Crippen molar-refractivity contribution in [1.29, 1.82) is 0 Å². The fourth-order valence-electron chi connectivity index (χ4n) is 1.50. The van der Waals surface area contributed by atoms with Gasteiger partial charge < -0.3 is 15.2 Å². The lowest BCUT2D eigenvalue weighted by Gasteiger charge is -2.14. The van der Waals surface area contributed by atoms with Crippen LogP contribution in [0.5, 0.6) is 5.75 Å². The molecule has 2 N–H and O–H groups in total. The highest BCUT2D eigenvalue weighted by Crippen LogP contribution is 2.15. The minimum Gasteiger partial charge on any atom is -0.491 e. The average Bonchev–Trinajstić information content (AvgIpc) is 2.30. The van der Waals surface area contributed by atoms with Crippen molar-refractivity contribution in [2.75, 3.05) is 19.7 Å². The number of ether oxygens (including phenoxy) is 1. The Balaban J connectivity index is 2.29. The molecule has 0 aromatic heterocycles. The number of hydrogen-bond acceptors (Lipinski definition) is 3. The predicted octanol–water partition coefficient (Wildman–Crippen LogP) is 2.12. The lowest BCUT2D eigenvalue weighted by atomic mass is 10.2. The summed E-state index contributed by atoms with van der Waals surface area (Å²) in [5, 5.41) is 12.8. The summed E-state index contributed by atoms with van der Waals surface area (Å²) in [7, 11) is 0. The molecule has 0 saturated carbocycles. The van der Waals surface area contributed by atoms with Gasteiger partial charge in [0, 0.05) is 6.54 Å². The Kier molecular flexibility index (Phi) is 6.09. The summed E-state index contributed by atoms with van der Waals surface area (Å²) in [6, 6.07) is 4.56. The molecule has 0 amide bonds. The summed E-state index contributed by atoms with van der Waals surface area (Å²) in [4.78, 5) is 0. The van der Waals surface area contributed by atoms with E-state index >= 15 is 0 Å². The third-order valence-corrected chi connectivity index (χ3v) is 2.50. The van der Waals surface area contributed by atoms with E-state index in [1.54, 1.807) is 19.1 Å². The predicted molar refractivity (Wildman–Crippen MR) is 70.3 cm³/mol. The van der Waals surface area contributed by atoms with Gasteiger partial charge in [0.15, 0.2) is 0 Å². The summed E-state index contributed by atoms with van der Waals surface area (Å²) in [6.45, 7) is 7.47. The minimum atomic E-state index is -0.561. The summed E-state index contributed by atoms with van der Waals surface area (Å²) in [5.74, 6) is 0.885. The number of benzene rings is 1. The Morgan fingerprint density at radius 3 is 2.67 bits per heavy atom. The van der Waals surface area contributed by atoms with Crippen LogP contribution in [-0.2, 0) is 0 Å². The molecule has 102 valence electrons. The third-order valence-electron chi connectivity index (χ3n) is 2.50. The Hall–Kier alpha value is -1.13. The van der Waals surface area contributed by atoms with Crippen LogP contribution in [0.4, 0.5) is 4.39 Å². The molecule has 0 heterocycles. The van der Waals surface area contributed by atoms with Crippen molar-refractivity contribution in [3.63, 3.8) is 0 Å². The van der Waals surface area contributed by atoms with Gasteiger partial charge in [-0.3, -0.25) is 0 Å². The molecule has 0 radical (unpaired) electrons. The molecular weight excluding hydrogens is 233 g/mol. The number of halogens is 1. The molecule has 0 saturated heterocycles. The molecule has 18 heavy (non-hydrogen) atoms. The van der Waals surface area contributed by atoms with E-state index in [1.807, 2.05) is 0 Å². The maximum atomic E-state index is 13.0. The summed E-state index contributed by atoms with van der Waals surface area (Å²) in [6.07, 6.45) is -0.561. The fourth-order valence-corrected chi connectivity index (χ4v) is 1.50. The maximum Gasteiger partial charge on any atom is 0.126 e. The normalized spacial score (nSPS) is 12.8. The second-order valence-electron chi connectivity index (χ2n) is 4.93. The maximum absolute atomic E-state index is 13.0. The monoisotopic (exact) mass is 255 g/mol. The largest absolute Gasteiger partial charge is 0.491 e. The highest BCUT2D eigenvalue weighted by Gasteiger charge is 2.06. The molecule has 0 fully saturated rings. The Morgan fingerprint density at radius 2 is 2.06 bits per heavy atom. The van der Waals surface area contributed by atoms with E-state index in [0.29, 0.717) is 23.8 Å². The number of aryl methyl sites for hydroxylation is 1. The molecule has 1 aromatic rings. The first-order valence-electron chi connectivity index (χ1n) is 6.26. The third kappa shape index (κ3) is 5.47. The van der Waals surface area contributed by atoms with Crippen LogP contribution in [0.3, 0.4) is 0 Å². The second-order valence-corrected chi connectivity index (χ2v) is 4.93. The second kappa shape index (κ2) is 7.34. The standard InChI is InChI=1S/C14H22FNO2/c1-10(2)7-16-8-12(17)9-18-13-4-5-14(15)11(3)6-13/h4-6,10,12,16-17H,7-9H2,1-3H3. The first-order chi connectivity index (χ1) is 8.49. The Bertz CT molecular complexity index is 369. The summed E-state index contributed by atoms with van der Waals surface area (Å²) >= 11 is 0. The number of hydrogen-bond donors (Lipinski definition) is 2. The number of aliphatic hydroxyl groups is 1. The molecule has 0 bridgehead atoms. The van der Waals surface area contributed by atoms with Crippen molar-refractivity contribution < 1.29 is 14.2 Å². The zero-order chi connectivity index (χ0) is 13.5. The van der Waals surface area contributed by atoms with E-state index < -0.39 is 6.10 Å². The van der Waals surface area contributed by atoms with Crippen molar-refractivity contribution in [1.82, 2.24) is 5.32 Å². The molecule has 0 aliphatic carbocycles. The fraction of sp³-hybridized carbons (Fsp3) is 0.571. The van der Waals surface area contributed by atoms with Gasteiger partial charge in [-0.2, -0.15) is 0 Å². The van der Waals surface area contributed by atoms with Crippen LogP contribution >= 0.6 is 0 Å². The summed E-state index contributed by atoms with van der Waals surface area (Å²) in [5.41, 5.74) is 0.542. The van der Waals surface area contributed by atoms with Crippen LogP contribution in [0.1, 0.15) is 19.4 Å². The molecule has 1 rings (SSSR count). The first kappa shape index (κ1) is 14.9. The number of aliphatic hydroxyl groups excluding tert-OH is 1. The van der Waals surface area contributed by atoms with Crippen LogP contribution in [0, 0.1) is 18.7 Å². The van der Waals surface area contributed by atoms with Gasteiger partial charge >= 0.3 is 0 Å². The number of rotatable bonds is 7. The van der Waals surface area contributed by atoms with E-state index in [4.69, 9.17) is 4.74 Å². The highest BCUT2D eigenvalue weighted by atomic mass is 19.1. The minimum absolute atomic E-state index is 0.205. The van der Waals surface area contributed by atoms with Crippen LogP contribution in [-0.4, -0.2) is 30.9 Å². The SMILES string of the molecule is Cc1cc(OCC(O)CNCC(C)C)ccc1F. The zero-order valence-electron chi connectivity index (χ0n) is 11.2. The van der Waals surface area contributed by atoms with Gasteiger partial charge in [-0.05, 0) is 43.1 Å². The molecule has 1 unspecified atom stereocenters. The molecule has 4 heteroatoms. The van der Waals surface area contributed by atoms with Crippen molar-refractivity contribution in [3.8, 4) is 5.75 Å². The van der Waals surface area contributed by atoms with Crippen molar-refractivity contribution >= 4 is 0 Å². The van der Waals surface area contributed by atoms with Gasteiger partial charge in [0.05, 0.1) is 0 Å². The topological polar surface area (TPSA) is 41.5 Å². The van der Waals surface area contributed by atoms with Crippen molar-refractivity contribution in [2.45, 2.75) is 26.9 Å². The van der Waals surface area contributed by atoms with E-state index in [1.165, 1.54) is 6.07 Å². The number of nitrogens with one attached hydrogen (secondary N) is 1.